The smallest absolute Gasteiger partial charge is 0.00210 e. The molecule has 0 nitrogen and oxygen atoms in total. The van der Waals surface area contributed by atoms with Crippen molar-refractivity contribution in [2.75, 3.05) is 4.43 Å². The Morgan fingerprint density at radius 3 is 2.29 bits per heavy atom. The summed E-state index contributed by atoms with van der Waals surface area (Å²) in [6, 6.07) is 0. The van der Waals surface area contributed by atoms with Crippen molar-refractivity contribution in [2.45, 2.75) is 26.7 Å². The lowest BCUT2D eigenvalue weighted by molar-refractivity contribution is 0.592. The zero-order chi connectivity index (χ0) is 5.70. The van der Waals surface area contributed by atoms with Gasteiger partial charge in [-0.15, -0.1) is 0 Å². The zero-order valence-electron chi connectivity index (χ0n) is 5.08. The van der Waals surface area contributed by atoms with Crippen molar-refractivity contribution in [3.05, 3.63) is 0 Å². The maximum atomic E-state index is 2.44. The molecule has 1 heteroatoms. The topological polar surface area (TPSA) is 0 Å². The molecule has 0 amide bonds. The molecule has 0 aliphatic rings. The molecule has 0 unspecified atom stereocenters. The minimum Gasteiger partial charge on any atom is -0.0861 e. The van der Waals surface area contributed by atoms with Gasteiger partial charge in [-0.25, -0.2) is 0 Å². The Bertz CT molecular complexity index is 35.2. The van der Waals surface area contributed by atoms with Crippen LogP contribution in [0.3, 0.4) is 0 Å². The van der Waals surface area contributed by atoms with Gasteiger partial charge < -0.3 is 0 Å². The average Bonchev–Trinajstić information content (AvgIpc) is 1.68. The normalized spacial score (nSPS) is 14.1. The summed E-state index contributed by atoms with van der Waals surface area (Å²) in [5.74, 6) is 0.936. The van der Waals surface area contributed by atoms with Gasteiger partial charge in [0.1, 0.15) is 0 Å². The Hall–Kier alpha value is 0.730. The second-order valence-electron chi connectivity index (χ2n) is 2.05. The first-order chi connectivity index (χ1) is 3.31. The Labute approximate surface area is 59.8 Å². The number of rotatable bonds is 3. The van der Waals surface area contributed by atoms with Gasteiger partial charge >= 0.3 is 0 Å². The lowest BCUT2D eigenvalue weighted by Gasteiger charge is -2.01. The van der Waals surface area contributed by atoms with E-state index in [1.54, 1.807) is 0 Å². The number of alkyl halides is 1. The highest BCUT2D eigenvalue weighted by Crippen LogP contribution is 2.06. The molecule has 0 fully saturated rings. The van der Waals surface area contributed by atoms with Crippen LogP contribution in [0.5, 0.6) is 0 Å². The van der Waals surface area contributed by atoms with E-state index in [1.807, 2.05) is 0 Å². The highest BCUT2D eigenvalue weighted by atomic mass is 127. The van der Waals surface area contributed by atoms with E-state index in [2.05, 4.69) is 36.4 Å². The maximum Gasteiger partial charge on any atom is 0.00210 e. The number of hydrogen-bond donors (Lipinski definition) is 0. The molecule has 0 aliphatic carbocycles. The van der Waals surface area contributed by atoms with Crippen LogP contribution in [-0.4, -0.2) is 4.43 Å². The van der Waals surface area contributed by atoms with Crippen molar-refractivity contribution in [3.8, 4) is 0 Å². The molecular weight excluding hydrogens is 199 g/mol. The molecule has 0 aromatic rings. The first-order valence-electron chi connectivity index (χ1n) is 2.87. The van der Waals surface area contributed by atoms with Gasteiger partial charge in [0.25, 0.3) is 0 Å². The van der Waals surface area contributed by atoms with E-state index in [-0.39, 0.29) is 0 Å². The van der Waals surface area contributed by atoms with Gasteiger partial charge in [0.15, 0.2) is 0 Å². The van der Waals surface area contributed by atoms with Crippen molar-refractivity contribution >= 4 is 22.6 Å². The predicted octanol–water partition coefficient (Wildman–Crippen LogP) is 2.86. The van der Waals surface area contributed by atoms with Crippen LogP contribution in [-0.2, 0) is 0 Å². The van der Waals surface area contributed by atoms with Crippen molar-refractivity contribution in [1.82, 2.24) is 0 Å². The summed E-state index contributed by atoms with van der Waals surface area (Å²) in [6.45, 7) is 4.54. The third kappa shape index (κ3) is 4.59. The van der Waals surface area contributed by atoms with Crippen LogP contribution in [0.4, 0.5) is 0 Å². The van der Waals surface area contributed by atoms with E-state index in [0.717, 1.165) is 5.92 Å². The predicted molar refractivity (Wildman–Crippen MR) is 43.0 cm³/mol. The summed E-state index contributed by atoms with van der Waals surface area (Å²) in [5, 5.41) is 0. The third-order valence-electron chi connectivity index (χ3n) is 1.04. The molecule has 0 radical (unpaired) electrons. The standard InChI is InChI=1S/C6H13I/c1-3-4-6(2)5-7/h6H,3-5H2,1-2H3/t6-/m1/s1. The fourth-order valence-corrected chi connectivity index (χ4v) is 1.01. The molecule has 0 heterocycles. The Morgan fingerprint density at radius 1 is 1.57 bits per heavy atom. The molecule has 0 N–H and O–H groups in total. The van der Waals surface area contributed by atoms with Gasteiger partial charge in [0.05, 0.1) is 0 Å². The summed E-state index contributed by atoms with van der Waals surface area (Å²) in [5.41, 5.74) is 0. The molecule has 1 atom stereocenters. The lowest BCUT2D eigenvalue weighted by atomic mass is 10.1. The molecule has 0 saturated heterocycles. The zero-order valence-corrected chi connectivity index (χ0v) is 7.23. The molecule has 0 aliphatic heterocycles. The molecule has 0 aromatic heterocycles. The van der Waals surface area contributed by atoms with E-state index < -0.39 is 0 Å². The highest BCUT2D eigenvalue weighted by Gasteiger charge is 1.93. The fraction of sp³-hybridized carbons (Fsp3) is 1.00. The van der Waals surface area contributed by atoms with E-state index in [9.17, 15) is 0 Å². The average molecular weight is 212 g/mol. The molecule has 0 spiro atoms. The molecule has 0 rings (SSSR count). The monoisotopic (exact) mass is 212 g/mol. The van der Waals surface area contributed by atoms with Crippen LogP contribution in [0.25, 0.3) is 0 Å². The summed E-state index contributed by atoms with van der Waals surface area (Å²) >= 11 is 2.44. The quantitative estimate of drug-likeness (QED) is 0.498. The van der Waals surface area contributed by atoms with Crippen LogP contribution in [0, 0.1) is 5.92 Å². The highest BCUT2D eigenvalue weighted by molar-refractivity contribution is 14.1. The van der Waals surface area contributed by atoms with Gasteiger partial charge in [-0.2, -0.15) is 0 Å². The minimum atomic E-state index is 0.936. The van der Waals surface area contributed by atoms with E-state index in [1.165, 1.54) is 17.3 Å². The third-order valence-corrected chi connectivity index (χ3v) is 2.55. The van der Waals surface area contributed by atoms with Gasteiger partial charge in [0, 0.05) is 4.43 Å². The van der Waals surface area contributed by atoms with Gasteiger partial charge in [-0.1, -0.05) is 49.3 Å². The van der Waals surface area contributed by atoms with Crippen LogP contribution < -0.4 is 0 Å². The molecule has 0 saturated carbocycles. The SMILES string of the molecule is CCC[C@@H](C)CI. The van der Waals surface area contributed by atoms with Gasteiger partial charge in [-0.3, -0.25) is 0 Å². The Kier molecular flexibility index (Phi) is 5.39. The Balaban J connectivity index is 2.83. The van der Waals surface area contributed by atoms with Crippen LogP contribution in [0.1, 0.15) is 26.7 Å². The number of hydrogen-bond acceptors (Lipinski definition) is 0. The van der Waals surface area contributed by atoms with Crippen molar-refractivity contribution in [3.63, 3.8) is 0 Å². The van der Waals surface area contributed by atoms with Crippen molar-refractivity contribution < 1.29 is 0 Å². The van der Waals surface area contributed by atoms with Crippen LogP contribution in [0.15, 0.2) is 0 Å². The summed E-state index contributed by atoms with van der Waals surface area (Å²) < 4.78 is 1.31. The summed E-state index contributed by atoms with van der Waals surface area (Å²) in [4.78, 5) is 0. The minimum absolute atomic E-state index is 0.936. The van der Waals surface area contributed by atoms with E-state index >= 15 is 0 Å². The largest absolute Gasteiger partial charge is 0.0861 e. The molecule has 44 valence electrons. The molecule has 0 bridgehead atoms. The number of halogens is 1. The van der Waals surface area contributed by atoms with Crippen molar-refractivity contribution in [1.29, 1.82) is 0 Å². The first-order valence-corrected chi connectivity index (χ1v) is 4.39. The first kappa shape index (κ1) is 7.73. The lowest BCUT2D eigenvalue weighted by Crippen LogP contribution is -1.92. The fourth-order valence-electron chi connectivity index (χ4n) is 0.570. The maximum absolute atomic E-state index is 2.44. The van der Waals surface area contributed by atoms with E-state index in [0.29, 0.717) is 0 Å². The van der Waals surface area contributed by atoms with Crippen LogP contribution >= 0.6 is 22.6 Å². The second-order valence-corrected chi connectivity index (χ2v) is 2.93. The summed E-state index contributed by atoms with van der Waals surface area (Å²) in [6.07, 6.45) is 2.73. The second kappa shape index (κ2) is 4.88. The molecule has 0 aromatic carbocycles. The Morgan fingerprint density at radius 2 is 2.14 bits per heavy atom. The van der Waals surface area contributed by atoms with E-state index in [4.69, 9.17) is 0 Å². The van der Waals surface area contributed by atoms with Crippen molar-refractivity contribution in [2.24, 2.45) is 5.92 Å². The summed E-state index contributed by atoms with van der Waals surface area (Å²) in [7, 11) is 0. The molecular formula is C6H13I. The van der Waals surface area contributed by atoms with Gasteiger partial charge in [-0.05, 0) is 5.92 Å². The van der Waals surface area contributed by atoms with Crippen LogP contribution in [0.2, 0.25) is 0 Å². The molecule has 7 heavy (non-hydrogen) atoms. The van der Waals surface area contributed by atoms with Gasteiger partial charge in [0.2, 0.25) is 0 Å².